The van der Waals surface area contributed by atoms with Crippen molar-refractivity contribution >= 4 is 5.91 Å². The van der Waals surface area contributed by atoms with E-state index in [1.54, 1.807) is 19.3 Å². The Morgan fingerprint density at radius 3 is 3.19 bits per heavy atom. The Morgan fingerprint density at radius 1 is 1.69 bits per heavy atom. The van der Waals surface area contributed by atoms with Crippen LogP contribution in [0.5, 0.6) is 0 Å². The summed E-state index contributed by atoms with van der Waals surface area (Å²) in [5, 5.41) is 6.25. The van der Waals surface area contributed by atoms with Crippen LogP contribution in [0.25, 0.3) is 0 Å². The smallest absolute Gasteiger partial charge is 0.254 e. The van der Waals surface area contributed by atoms with Crippen molar-refractivity contribution in [3.63, 3.8) is 0 Å². The molecule has 0 radical (unpaired) electrons. The number of amides is 1. The molecule has 88 valence electrons. The summed E-state index contributed by atoms with van der Waals surface area (Å²) >= 11 is 0. The first-order valence-corrected chi connectivity index (χ1v) is 5.80. The Morgan fingerprint density at radius 2 is 2.56 bits per heavy atom. The third kappa shape index (κ3) is 2.64. The fourth-order valence-corrected chi connectivity index (χ4v) is 2.07. The summed E-state index contributed by atoms with van der Waals surface area (Å²) in [7, 11) is 0. The first-order chi connectivity index (χ1) is 7.77. The molecule has 16 heavy (non-hydrogen) atoms. The van der Waals surface area contributed by atoms with Gasteiger partial charge in [-0.05, 0) is 44.8 Å². The van der Waals surface area contributed by atoms with Gasteiger partial charge < -0.3 is 15.1 Å². The Kier molecular flexibility index (Phi) is 3.62. The van der Waals surface area contributed by atoms with E-state index in [1.807, 2.05) is 0 Å². The lowest BCUT2D eigenvalue weighted by Gasteiger charge is -2.08. The standard InChI is InChI=1S/C12H18N2O2/c1-9-11(4-7-16-9)12(15)14-6-3-10-2-5-13-8-10/h4,7,10,13H,2-3,5-6,8H2,1H3,(H,14,15). The lowest BCUT2D eigenvalue weighted by atomic mass is 10.1. The van der Waals surface area contributed by atoms with Gasteiger partial charge in [0.1, 0.15) is 5.76 Å². The molecule has 1 atom stereocenters. The maximum absolute atomic E-state index is 11.7. The predicted octanol–water partition coefficient (Wildman–Crippen LogP) is 1.32. The van der Waals surface area contributed by atoms with Gasteiger partial charge in [0.05, 0.1) is 11.8 Å². The van der Waals surface area contributed by atoms with Crippen molar-refractivity contribution in [3.05, 3.63) is 23.7 Å². The van der Waals surface area contributed by atoms with Crippen LogP contribution in [0, 0.1) is 12.8 Å². The summed E-state index contributed by atoms with van der Waals surface area (Å²) in [4.78, 5) is 11.7. The van der Waals surface area contributed by atoms with Crippen LogP contribution < -0.4 is 10.6 Å². The van der Waals surface area contributed by atoms with Crippen molar-refractivity contribution in [1.29, 1.82) is 0 Å². The highest BCUT2D eigenvalue weighted by molar-refractivity contribution is 5.94. The highest BCUT2D eigenvalue weighted by atomic mass is 16.3. The van der Waals surface area contributed by atoms with E-state index in [1.165, 1.54) is 6.42 Å². The summed E-state index contributed by atoms with van der Waals surface area (Å²) < 4.78 is 5.09. The molecule has 1 aliphatic rings. The zero-order valence-electron chi connectivity index (χ0n) is 9.58. The van der Waals surface area contributed by atoms with Crippen LogP contribution in [-0.4, -0.2) is 25.5 Å². The number of hydrogen-bond donors (Lipinski definition) is 2. The molecule has 0 aliphatic carbocycles. The van der Waals surface area contributed by atoms with Gasteiger partial charge in [-0.1, -0.05) is 0 Å². The molecular formula is C12H18N2O2. The molecule has 4 nitrogen and oxygen atoms in total. The van der Waals surface area contributed by atoms with Gasteiger partial charge in [-0.2, -0.15) is 0 Å². The first kappa shape index (κ1) is 11.2. The topological polar surface area (TPSA) is 54.3 Å². The number of carbonyl (C=O) groups is 1. The second kappa shape index (κ2) is 5.16. The van der Waals surface area contributed by atoms with Crippen molar-refractivity contribution in [2.24, 2.45) is 5.92 Å². The highest BCUT2D eigenvalue weighted by Crippen LogP contribution is 2.12. The number of hydrogen-bond acceptors (Lipinski definition) is 3. The van der Waals surface area contributed by atoms with Crippen LogP contribution in [0.3, 0.4) is 0 Å². The van der Waals surface area contributed by atoms with Gasteiger partial charge in [0.2, 0.25) is 0 Å². The number of aryl methyl sites for hydroxylation is 1. The molecule has 2 rings (SSSR count). The van der Waals surface area contributed by atoms with E-state index < -0.39 is 0 Å². The maximum atomic E-state index is 11.7. The lowest BCUT2D eigenvalue weighted by molar-refractivity contribution is 0.0950. The molecule has 0 spiro atoms. The summed E-state index contributed by atoms with van der Waals surface area (Å²) in [6.07, 6.45) is 3.82. The third-order valence-electron chi connectivity index (χ3n) is 3.10. The molecule has 1 aromatic heterocycles. The second-order valence-electron chi connectivity index (χ2n) is 4.29. The SMILES string of the molecule is Cc1occc1C(=O)NCCC1CCNC1. The molecule has 1 amide bonds. The quantitative estimate of drug-likeness (QED) is 0.807. The summed E-state index contributed by atoms with van der Waals surface area (Å²) in [5.74, 6) is 1.36. The largest absolute Gasteiger partial charge is 0.469 e. The van der Waals surface area contributed by atoms with E-state index in [-0.39, 0.29) is 5.91 Å². The molecule has 1 saturated heterocycles. The minimum atomic E-state index is -0.0304. The van der Waals surface area contributed by atoms with Crippen molar-refractivity contribution in [2.45, 2.75) is 19.8 Å². The van der Waals surface area contributed by atoms with Crippen LogP contribution in [0.15, 0.2) is 16.7 Å². The fraction of sp³-hybridized carbons (Fsp3) is 0.583. The second-order valence-corrected chi connectivity index (χ2v) is 4.29. The van der Waals surface area contributed by atoms with E-state index in [2.05, 4.69) is 10.6 Å². The molecule has 1 unspecified atom stereocenters. The summed E-state index contributed by atoms with van der Waals surface area (Å²) in [6.45, 7) is 4.74. The van der Waals surface area contributed by atoms with Gasteiger partial charge in [-0.25, -0.2) is 0 Å². The highest BCUT2D eigenvalue weighted by Gasteiger charge is 2.15. The van der Waals surface area contributed by atoms with E-state index in [4.69, 9.17) is 4.42 Å². The molecule has 2 heterocycles. The molecule has 1 aliphatic heterocycles. The monoisotopic (exact) mass is 222 g/mol. The van der Waals surface area contributed by atoms with Crippen LogP contribution >= 0.6 is 0 Å². The average Bonchev–Trinajstić information content (AvgIpc) is 2.88. The van der Waals surface area contributed by atoms with Crippen LogP contribution in [0.4, 0.5) is 0 Å². The number of carbonyl (C=O) groups excluding carboxylic acids is 1. The Bertz CT molecular complexity index is 354. The van der Waals surface area contributed by atoms with Crippen molar-refractivity contribution in [1.82, 2.24) is 10.6 Å². The average molecular weight is 222 g/mol. The number of nitrogens with one attached hydrogen (secondary N) is 2. The zero-order valence-corrected chi connectivity index (χ0v) is 9.58. The van der Waals surface area contributed by atoms with Crippen molar-refractivity contribution in [2.75, 3.05) is 19.6 Å². The van der Waals surface area contributed by atoms with Crippen LogP contribution in [0.2, 0.25) is 0 Å². The van der Waals surface area contributed by atoms with Crippen LogP contribution in [0.1, 0.15) is 29.0 Å². The van der Waals surface area contributed by atoms with Crippen molar-refractivity contribution in [3.8, 4) is 0 Å². The fourth-order valence-electron chi connectivity index (χ4n) is 2.07. The first-order valence-electron chi connectivity index (χ1n) is 5.80. The number of furan rings is 1. The van der Waals surface area contributed by atoms with Gasteiger partial charge in [0.15, 0.2) is 0 Å². The molecule has 2 N–H and O–H groups in total. The molecule has 1 fully saturated rings. The third-order valence-corrected chi connectivity index (χ3v) is 3.10. The minimum Gasteiger partial charge on any atom is -0.469 e. The molecule has 4 heteroatoms. The van der Waals surface area contributed by atoms with E-state index in [9.17, 15) is 4.79 Å². The maximum Gasteiger partial charge on any atom is 0.254 e. The lowest BCUT2D eigenvalue weighted by Crippen LogP contribution is -2.26. The molecule has 0 bridgehead atoms. The van der Waals surface area contributed by atoms with E-state index in [0.29, 0.717) is 17.2 Å². The molecule has 1 aromatic rings. The van der Waals surface area contributed by atoms with Crippen molar-refractivity contribution < 1.29 is 9.21 Å². The number of rotatable bonds is 4. The predicted molar refractivity (Wildman–Crippen MR) is 61.4 cm³/mol. The normalized spacial score (nSPS) is 19.9. The van der Waals surface area contributed by atoms with Gasteiger partial charge in [-0.3, -0.25) is 4.79 Å². The molecule has 0 saturated carbocycles. The zero-order chi connectivity index (χ0) is 11.4. The summed E-state index contributed by atoms with van der Waals surface area (Å²) in [6, 6.07) is 1.71. The van der Waals surface area contributed by atoms with E-state index >= 15 is 0 Å². The summed E-state index contributed by atoms with van der Waals surface area (Å²) in [5.41, 5.74) is 0.643. The van der Waals surface area contributed by atoms with Gasteiger partial charge in [-0.15, -0.1) is 0 Å². The Hall–Kier alpha value is -1.29. The van der Waals surface area contributed by atoms with E-state index in [0.717, 1.165) is 26.1 Å². The Balaban J connectivity index is 1.73. The molecular weight excluding hydrogens is 204 g/mol. The minimum absolute atomic E-state index is 0.0304. The van der Waals surface area contributed by atoms with Crippen LogP contribution in [-0.2, 0) is 0 Å². The van der Waals surface area contributed by atoms with Gasteiger partial charge >= 0.3 is 0 Å². The Labute approximate surface area is 95.4 Å². The van der Waals surface area contributed by atoms with Gasteiger partial charge in [0, 0.05) is 6.54 Å². The molecule has 0 aromatic carbocycles. The van der Waals surface area contributed by atoms with Gasteiger partial charge in [0.25, 0.3) is 5.91 Å².